The molecule has 2 fully saturated rings. The number of alkyl halides is 3. The minimum Gasteiger partial charge on any atom is -0.353 e. The molecule has 0 spiro atoms. The Kier molecular flexibility index (Phi) is 5.97. The lowest BCUT2D eigenvalue weighted by molar-refractivity contribution is -0.137. The zero-order valence-corrected chi connectivity index (χ0v) is 18.6. The number of rotatable bonds is 3. The molecular weight excluding hydrogens is 464 g/mol. The van der Waals surface area contributed by atoms with Crippen LogP contribution in [0.25, 0.3) is 0 Å². The predicted molar refractivity (Wildman–Crippen MR) is 114 cm³/mol. The number of aromatic nitrogens is 1. The molecule has 1 amide bonds. The fourth-order valence-electron chi connectivity index (χ4n) is 4.11. The summed E-state index contributed by atoms with van der Waals surface area (Å²) < 4.78 is 78.5. The molecule has 33 heavy (non-hydrogen) atoms. The Morgan fingerprint density at radius 3 is 2.30 bits per heavy atom. The molecule has 1 aromatic carbocycles. The normalized spacial score (nSPS) is 18.6. The molecule has 7 nitrogen and oxygen atoms in total. The number of hydrogen-bond acceptors (Lipinski definition) is 5. The number of anilines is 2. The van der Waals surface area contributed by atoms with Gasteiger partial charge in [-0.05, 0) is 43.2 Å². The van der Waals surface area contributed by atoms with E-state index >= 15 is 0 Å². The summed E-state index contributed by atoms with van der Waals surface area (Å²) in [6, 6.07) is 4.80. The van der Waals surface area contributed by atoms with Crippen LogP contribution in [0.2, 0.25) is 0 Å². The van der Waals surface area contributed by atoms with Gasteiger partial charge in [-0.2, -0.15) is 13.2 Å². The van der Waals surface area contributed by atoms with E-state index in [2.05, 4.69) is 4.98 Å². The van der Waals surface area contributed by atoms with E-state index in [4.69, 9.17) is 0 Å². The molecule has 1 aromatic heterocycles. The summed E-state index contributed by atoms with van der Waals surface area (Å²) in [5.74, 6) is -0.910. The fourth-order valence-corrected chi connectivity index (χ4v) is 5.66. The lowest BCUT2D eigenvalue weighted by Gasteiger charge is -2.36. The Bertz CT molecular complexity index is 1180. The van der Waals surface area contributed by atoms with Crippen LogP contribution >= 0.6 is 0 Å². The maximum absolute atomic E-state index is 14.7. The molecule has 178 valence electrons. The van der Waals surface area contributed by atoms with Crippen LogP contribution in [0.3, 0.4) is 0 Å². The molecule has 0 bridgehead atoms. The summed E-state index contributed by atoms with van der Waals surface area (Å²) in [5.41, 5.74) is -0.413. The van der Waals surface area contributed by atoms with E-state index in [0.29, 0.717) is 30.9 Å². The molecule has 2 aliphatic rings. The average molecular weight is 486 g/mol. The van der Waals surface area contributed by atoms with Crippen LogP contribution in [0.5, 0.6) is 0 Å². The second kappa shape index (κ2) is 8.47. The van der Waals surface area contributed by atoms with Gasteiger partial charge in [-0.15, -0.1) is 0 Å². The zero-order chi connectivity index (χ0) is 24.0. The Morgan fingerprint density at radius 1 is 1.06 bits per heavy atom. The SMILES string of the molecule is Cc1cc(C(F)(F)F)cnc1N1CCN(C(=O)c2ccc(N3CCCS3(=O)=O)cc2F)CC1. The summed E-state index contributed by atoms with van der Waals surface area (Å²) >= 11 is 0. The van der Waals surface area contributed by atoms with Crippen molar-refractivity contribution in [2.45, 2.75) is 19.5 Å². The van der Waals surface area contributed by atoms with E-state index < -0.39 is 33.5 Å². The number of amides is 1. The summed E-state index contributed by atoms with van der Waals surface area (Å²) in [7, 11) is -3.46. The van der Waals surface area contributed by atoms with Crippen molar-refractivity contribution in [1.82, 2.24) is 9.88 Å². The van der Waals surface area contributed by atoms with Crippen molar-refractivity contribution >= 4 is 27.4 Å². The van der Waals surface area contributed by atoms with Gasteiger partial charge in [0.25, 0.3) is 5.91 Å². The van der Waals surface area contributed by atoms with Gasteiger partial charge in [0.1, 0.15) is 11.6 Å². The second-order valence-electron chi connectivity index (χ2n) is 8.05. The van der Waals surface area contributed by atoms with Crippen LogP contribution in [0.15, 0.2) is 30.5 Å². The van der Waals surface area contributed by atoms with Crippen molar-refractivity contribution in [3.05, 3.63) is 53.0 Å². The first-order valence-corrected chi connectivity index (χ1v) is 12.0. The minimum atomic E-state index is -4.47. The van der Waals surface area contributed by atoms with Gasteiger partial charge in [0.15, 0.2) is 0 Å². The largest absolute Gasteiger partial charge is 0.417 e. The molecule has 0 radical (unpaired) electrons. The third-order valence-corrected chi connectivity index (χ3v) is 7.68. The molecule has 4 rings (SSSR count). The number of halogens is 4. The van der Waals surface area contributed by atoms with Crippen LogP contribution in [0.4, 0.5) is 29.1 Å². The Labute approximate surface area is 188 Å². The van der Waals surface area contributed by atoms with Gasteiger partial charge >= 0.3 is 6.18 Å². The van der Waals surface area contributed by atoms with Crippen LogP contribution in [-0.4, -0.2) is 62.7 Å². The highest BCUT2D eigenvalue weighted by molar-refractivity contribution is 7.93. The first kappa shape index (κ1) is 23.3. The van der Waals surface area contributed by atoms with E-state index in [9.17, 15) is 30.8 Å². The standard InChI is InChI=1S/C21H22F4N4O3S/c1-14-11-15(21(23,24)25)13-26-19(14)27-6-8-28(9-7-27)20(30)17-4-3-16(12-18(17)22)29-5-2-10-33(29,31)32/h3-4,11-13H,2,5-10H2,1H3. The average Bonchev–Trinajstić information content (AvgIpc) is 3.11. The van der Waals surface area contributed by atoms with Crippen molar-refractivity contribution in [3.63, 3.8) is 0 Å². The summed E-state index contributed by atoms with van der Waals surface area (Å²) in [5, 5.41) is 0. The molecule has 2 saturated heterocycles. The highest BCUT2D eigenvalue weighted by Gasteiger charge is 2.33. The number of carbonyl (C=O) groups excluding carboxylic acids is 1. The topological polar surface area (TPSA) is 73.8 Å². The maximum atomic E-state index is 14.7. The molecule has 0 saturated carbocycles. The molecule has 0 N–H and O–H groups in total. The van der Waals surface area contributed by atoms with Crippen LogP contribution < -0.4 is 9.21 Å². The quantitative estimate of drug-likeness (QED) is 0.624. The lowest BCUT2D eigenvalue weighted by Crippen LogP contribution is -2.49. The third kappa shape index (κ3) is 4.61. The van der Waals surface area contributed by atoms with Gasteiger partial charge in [0, 0.05) is 38.9 Å². The number of piperazine rings is 1. The molecule has 3 heterocycles. The Balaban J connectivity index is 1.44. The Morgan fingerprint density at radius 2 is 1.76 bits per heavy atom. The first-order valence-electron chi connectivity index (χ1n) is 10.4. The maximum Gasteiger partial charge on any atom is 0.417 e. The lowest BCUT2D eigenvalue weighted by atomic mass is 10.1. The van der Waals surface area contributed by atoms with Gasteiger partial charge in [-0.3, -0.25) is 9.10 Å². The second-order valence-corrected chi connectivity index (χ2v) is 10.1. The first-order chi connectivity index (χ1) is 15.5. The van der Waals surface area contributed by atoms with Crippen molar-refractivity contribution in [2.75, 3.05) is 47.7 Å². The summed E-state index contributed by atoms with van der Waals surface area (Å²) in [6.07, 6.45) is -3.22. The smallest absolute Gasteiger partial charge is 0.353 e. The van der Waals surface area contributed by atoms with E-state index in [1.807, 2.05) is 0 Å². The number of aryl methyl sites for hydroxylation is 1. The van der Waals surface area contributed by atoms with Gasteiger partial charge in [-0.1, -0.05) is 0 Å². The van der Waals surface area contributed by atoms with E-state index in [1.165, 1.54) is 17.0 Å². The molecular formula is C21H22F4N4O3S. The summed E-state index contributed by atoms with van der Waals surface area (Å²) in [4.78, 5) is 20.0. The van der Waals surface area contributed by atoms with E-state index in [0.717, 1.165) is 22.6 Å². The number of nitrogens with zero attached hydrogens (tertiary/aromatic N) is 4. The molecule has 12 heteroatoms. The van der Waals surface area contributed by atoms with Crippen LogP contribution in [0.1, 0.15) is 27.9 Å². The van der Waals surface area contributed by atoms with E-state index in [1.54, 1.807) is 11.8 Å². The molecule has 0 aliphatic carbocycles. The number of hydrogen-bond donors (Lipinski definition) is 0. The van der Waals surface area contributed by atoms with Gasteiger partial charge in [-0.25, -0.2) is 17.8 Å². The van der Waals surface area contributed by atoms with Crippen molar-refractivity contribution < 1.29 is 30.8 Å². The predicted octanol–water partition coefficient (Wildman–Crippen LogP) is 3.05. The third-order valence-electron chi connectivity index (χ3n) is 5.81. The Hall–Kier alpha value is -2.89. The number of carbonyl (C=O) groups is 1. The zero-order valence-electron chi connectivity index (χ0n) is 17.8. The van der Waals surface area contributed by atoms with Crippen LogP contribution in [-0.2, 0) is 16.2 Å². The fraction of sp³-hybridized carbons (Fsp3) is 0.429. The van der Waals surface area contributed by atoms with E-state index in [-0.39, 0.29) is 36.6 Å². The highest BCUT2D eigenvalue weighted by Crippen LogP contribution is 2.32. The van der Waals surface area contributed by atoms with Crippen LogP contribution in [0, 0.1) is 12.7 Å². The minimum absolute atomic E-state index is 0.00679. The highest BCUT2D eigenvalue weighted by atomic mass is 32.2. The molecule has 0 atom stereocenters. The van der Waals surface area contributed by atoms with Gasteiger partial charge in [0.05, 0.1) is 22.6 Å². The number of benzene rings is 1. The van der Waals surface area contributed by atoms with Crippen molar-refractivity contribution in [3.8, 4) is 0 Å². The van der Waals surface area contributed by atoms with Gasteiger partial charge in [0.2, 0.25) is 10.0 Å². The molecule has 0 unspecified atom stereocenters. The van der Waals surface area contributed by atoms with Crippen molar-refractivity contribution in [1.29, 1.82) is 0 Å². The molecule has 2 aliphatic heterocycles. The number of sulfonamides is 1. The van der Waals surface area contributed by atoms with Gasteiger partial charge < -0.3 is 9.80 Å². The van der Waals surface area contributed by atoms with Crippen molar-refractivity contribution in [2.24, 2.45) is 0 Å². The number of pyridine rings is 1. The molecule has 2 aromatic rings. The summed E-state index contributed by atoms with van der Waals surface area (Å²) in [6.45, 7) is 2.96. The monoisotopic (exact) mass is 486 g/mol.